The van der Waals surface area contributed by atoms with Crippen LogP contribution in [-0.4, -0.2) is 61.6 Å². The van der Waals surface area contributed by atoms with Crippen molar-refractivity contribution < 1.29 is 9.53 Å². The van der Waals surface area contributed by atoms with Gasteiger partial charge in [0.25, 0.3) is 0 Å². The molecule has 0 saturated carbocycles. The largest absolute Gasteiger partial charge is 0.492 e. The van der Waals surface area contributed by atoms with Gasteiger partial charge >= 0.3 is 0 Å². The maximum absolute atomic E-state index is 11.3. The zero-order valence-corrected chi connectivity index (χ0v) is 12.8. The Morgan fingerprint density at radius 2 is 1.86 bits per heavy atom. The first kappa shape index (κ1) is 15.8. The Balaban J connectivity index is 1.66. The number of benzene rings is 1. The minimum atomic E-state index is 0.170. The van der Waals surface area contributed by atoms with Crippen molar-refractivity contribution >= 4 is 5.91 Å². The Kier molecular flexibility index (Phi) is 6.02. The minimum absolute atomic E-state index is 0.170. The van der Waals surface area contributed by atoms with Gasteiger partial charge in [-0.25, -0.2) is 0 Å². The fourth-order valence-corrected chi connectivity index (χ4v) is 2.50. The molecular weight excluding hydrogens is 266 g/mol. The lowest BCUT2D eigenvalue weighted by Crippen LogP contribution is -2.48. The standard InChI is InChI=1S/C16H25N3O2/c1-14(20)19-10-8-18(9-11-19)12-13-21-16-4-2-15(3-5-16)6-7-17/h2-5H,6-13,17H2,1H3. The molecule has 1 aliphatic rings. The normalized spacial score (nSPS) is 16.0. The summed E-state index contributed by atoms with van der Waals surface area (Å²) in [6, 6.07) is 8.12. The van der Waals surface area contributed by atoms with Crippen molar-refractivity contribution in [3.8, 4) is 5.75 Å². The van der Waals surface area contributed by atoms with E-state index in [2.05, 4.69) is 17.0 Å². The highest BCUT2D eigenvalue weighted by Crippen LogP contribution is 2.12. The molecule has 1 aromatic rings. The summed E-state index contributed by atoms with van der Waals surface area (Å²) in [6.07, 6.45) is 0.903. The third-order valence-electron chi connectivity index (χ3n) is 3.85. The van der Waals surface area contributed by atoms with E-state index in [1.807, 2.05) is 17.0 Å². The number of hydrogen-bond donors (Lipinski definition) is 1. The molecule has 2 rings (SSSR count). The number of carbonyl (C=O) groups is 1. The Morgan fingerprint density at radius 3 is 2.43 bits per heavy atom. The number of amides is 1. The molecule has 1 aromatic carbocycles. The van der Waals surface area contributed by atoms with Gasteiger partial charge in [-0.3, -0.25) is 9.69 Å². The van der Waals surface area contributed by atoms with Gasteiger partial charge in [-0.1, -0.05) is 12.1 Å². The van der Waals surface area contributed by atoms with Crippen molar-refractivity contribution in [2.45, 2.75) is 13.3 Å². The SMILES string of the molecule is CC(=O)N1CCN(CCOc2ccc(CCN)cc2)CC1. The molecule has 5 nitrogen and oxygen atoms in total. The van der Waals surface area contributed by atoms with E-state index in [0.29, 0.717) is 13.2 Å². The summed E-state index contributed by atoms with van der Waals surface area (Å²) in [7, 11) is 0. The molecule has 1 aliphatic heterocycles. The molecule has 5 heteroatoms. The fourth-order valence-electron chi connectivity index (χ4n) is 2.50. The average Bonchev–Trinajstić information content (AvgIpc) is 2.50. The molecule has 1 saturated heterocycles. The van der Waals surface area contributed by atoms with Gasteiger partial charge in [-0.2, -0.15) is 0 Å². The lowest BCUT2D eigenvalue weighted by atomic mass is 10.1. The summed E-state index contributed by atoms with van der Waals surface area (Å²) < 4.78 is 5.76. The van der Waals surface area contributed by atoms with E-state index in [9.17, 15) is 4.79 Å². The van der Waals surface area contributed by atoms with Crippen molar-refractivity contribution in [3.05, 3.63) is 29.8 Å². The first-order chi connectivity index (χ1) is 10.2. The van der Waals surface area contributed by atoms with Crippen LogP contribution < -0.4 is 10.5 Å². The van der Waals surface area contributed by atoms with Gasteiger partial charge in [0.1, 0.15) is 12.4 Å². The summed E-state index contributed by atoms with van der Waals surface area (Å²) >= 11 is 0. The fraction of sp³-hybridized carbons (Fsp3) is 0.562. The van der Waals surface area contributed by atoms with Crippen LogP contribution in [0.2, 0.25) is 0 Å². The summed E-state index contributed by atoms with van der Waals surface area (Å²) in [5, 5.41) is 0. The summed E-state index contributed by atoms with van der Waals surface area (Å²) in [4.78, 5) is 15.5. The quantitative estimate of drug-likeness (QED) is 0.839. The number of ether oxygens (including phenoxy) is 1. The lowest BCUT2D eigenvalue weighted by Gasteiger charge is -2.34. The van der Waals surface area contributed by atoms with Gasteiger partial charge in [0.2, 0.25) is 5.91 Å². The number of carbonyl (C=O) groups excluding carboxylic acids is 1. The van der Waals surface area contributed by atoms with E-state index in [4.69, 9.17) is 10.5 Å². The zero-order valence-electron chi connectivity index (χ0n) is 12.8. The molecule has 0 unspecified atom stereocenters. The summed E-state index contributed by atoms with van der Waals surface area (Å²) in [5.41, 5.74) is 6.77. The molecule has 0 radical (unpaired) electrons. The molecule has 0 spiro atoms. The van der Waals surface area contributed by atoms with Gasteiger partial charge in [0.15, 0.2) is 0 Å². The van der Waals surface area contributed by atoms with E-state index < -0.39 is 0 Å². The van der Waals surface area contributed by atoms with E-state index in [0.717, 1.165) is 44.9 Å². The van der Waals surface area contributed by atoms with Gasteiger partial charge in [-0.05, 0) is 30.7 Å². The van der Waals surface area contributed by atoms with Crippen molar-refractivity contribution in [3.63, 3.8) is 0 Å². The van der Waals surface area contributed by atoms with Crippen LogP contribution in [0.25, 0.3) is 0 Å². The second-order valence-corrected chi connectivity index (χ2v) is 5.38. The number of rotatable bonds is 6. The van der Waals surface area contributed by atoms with E-state index in [-0.39, 0.29) is 5.91 Å². The maximum Gasteiger partial charge on any atom is 0.219 e. The Hall–Kier alpha value is -1.59. The van der Waals surface area contributed by atoms with Crippen molar-refractivity contribution in [2.24, 2.45) is 5.73 Å². The van der Waals surface area contributed by atoms with Crippen molar-refractivity contribution in [1.29, 1.82) is 0 Å². The van der Waals surface area contributed by atoms with E-state index in [1.165, 1.54) is 5.56 Å². The minimum Gasteiger partial charge on any atom is -0.492 e. The zero-order chi connectivity index (χ0) is 15.1. The topological polar surface area (TPSA) is 58.8 Å². The van der Waals surface area contributed by atoms with Gasteiger partial charge in [0.05, 0.1) is 0 Å². The first-order valence-corrected chi connectivity index (χ1v) is 7.58. The Morgan fingerprint density at radius 1 is 1.19 bits per heavy atom. The van der Waals surface area contributed by atoms with Gasteiger partial charge < -0.3 is 15.4 Å². The van der Waals surface area contributed by atoms with Crippen LogP contribution in [0, 0.1) is 0 Å². The molecule has 0 aliphatic carbocycles. The molecule has 2 N–H and O–H groups in total. The maximum atomic E-state index is 11.3. The Bertz CT molecular complexity index is 439. The van der Waals surface area contributed by atoms with Crippen LogP contribution in [0.4, 0.5) is 0 Å². The average molecular weight is 291 g/mol. The van der Waals surface area contributed by atoms with E-state index >= 15 is 0 Å². The molecule has 1 fully saturated rings. The third kappa shape index (κ3) is 5.02. The smallest absolute Gasteiger partial charge is 0.219 e. The van der Waals surface area contributed by atoms with Crippen LogP contribution in [-0.2, 0) is 11.2 Å². The third-order valence-corrected chi connectivity index (χ3v) is 3.85. The molecule has 0 bridgehead atoms. The molecule has 116 valence electrons. The number of nitrogens with two attached hydrogens (primary N) is 1. The summed E-state index contributed by atoms with van der Waals surface area (Å²) in [5.74, 6) is 1.07. The molecule has 21 heavy (non-hydrogen) atoms. The van der Waals surface area contributed by atoms with Crippen LogP contribution >= 0.6 is 0 Å². The highest BCUT2D eigenvalue weighted by molar-refractivity contribution is 5.73. The number of piperazine rings is 1. The van der Waals surface area contributed by atoms with Crippen molar-refractivity contribution in [2.75, 3.05) is 45.9 Å². The second kappa shape index (κ2) is 8.00. The molecule has 0 atom stereocenters. The summed E-state index contributed by atoms with van der Waals surface area (Å²) in [6.45, 7) is 7.38. The van der Waals surface area contributed by atoms with Crippen LogP contribution in [0.15, 0.2) is 24.3 Å². The van der Waals surface area contributed by atoms with Crippen molar-refractivity contribution in [1.82, 2.24) is 9.80 Å². The molecule has 0 aromatic heterocycles. The number of hydrogen-bond acceptors (Lipinski definition) is 4. The lowest BCUT2D eigenvalue weighted by molar-refractivity contribution is -0.130. The Labute approximate surface area is 126 Å². The van der Waals surface area contributed by atoms with Gasteiger partial charge in [0, 0.05) is 39.6 Å². The molecule has 1 amide bonds. The highest BCUT2D eigenvalue weighted by Gasteiger charge is 2.17. The first-order valence-electron chi connectivity index (χ1n) is 7.58. The molecule has 1 heterocycles. The van der Waals surface area contributed by atoms with Crippen LogP contribution in [0.5, 0.6) is 5.75 Å². The predicted molar refractivity (Wildman–Crippen MR) is 83.4 cm³/mol. The van der Waals surface area contributed by atoms with E-state index in [1.54, 1.807) is 6.92 Å². The predicted octanol–water partition coefficient (Wildman–Crippen LogP) is 0.731. The monoisotopic (exact) mass is 291 g/mol. The highest BCUT2D eigenvalue weighted by atomic mass is 16.5. The molecular formula is C16H25N3O2. The second-order valence-electron chi connectivity index (χ2n) is 5.38. The number of nitrogens with zero attached hydrogens (tertiary/aromatic N) is 2. The van der Waals surface area contributed by atoms with Gasteiger partial charge in [-0.15, -0.1) is 0 Å². The van der Waals surface area contributed by atoms with Crippen LogP contribution in [0.1, 0.15) is 12.5 Å². The van der Waals surface area contributed by atoms with Crippen LogP contribution in [0.3, 0.4) is 0 Å².